The molecule has 0 amide bonds. The standard InChI is InChI=1S/C14H10N4OS2/c1-2-5-10(6-3-1)19-9-12-17-18-13(11-7-4-8-20-11)15-16-14(18)21-12/h1-8H,9H2. The molecule has 0 atom stereocenters. The van der Waals surface area contributed by atoms with Crippen molar-refractivity contribution in [3.05, 3.63) is 52.9 Å². The number of ether oxygens (including phenoxy) is 1. The van der Waals surface area contributed by atoms with E-state index in [-0.39, 0.29) is 0 Å². The summed E-state index contributed by atoms with van der Waals surface area (Å²) in [5, 5.41) is 15.8. The van der Waals surface area contributed by atoms with Gasteiger partial charge in [-0.25, -0.2) is 0 Å². The van der Waals surface area contributed by atoms with Crippen LogP contribution < -0.4 is 4.74 Å². The number of para-hydroxylation sites is 1. The highest BCUT2D eigenvalue weighted by Crippen LogP contribution is 2.25. The Morgan fingerprint density at radius 3 is 2.76 bits per heavy atom. The first kappa shape index (κ1) is 12.5. The Morgan fingerprint density at radius 1 is 1.05 bits per heavy atom. The Bertz CT molecular complexity index is 852. The Kier molecular flexibility index (Phi) is 3.13. The van der Waals surface area contributed by atoms with E-state index < -0.39 is 0 Å². The van der Waals surface area contributed by atoms with Gasteiger partial charge in [0.15, 0.2) is 10.8 Å². The molecule has 0 unspecified atom stereocenters. The van der Waals surface area contributed by atoms with Crippen LogP contribution in [-0.2, 0) is 6.61 Å². The van der Waals surface area contributed by atoms with Crippen LogP contribution in [0.3, 0.4) is 0 Å². The average Bonchev–Trinajstić information content (AvgIpc) is 3.22. The van der Waals surface area contributed by atoms with Gasteiger partial charge in [0.05, 0.1) is 4.88 Å². The third kappa shape index (κ3) is 2.41. The summed E-state index contributed by atoms with van der Waals surface area (Å²) in [6.07, 6.45) is 0. The fourth-order valence-corrected chi connectivity index (χ4v) is 3.38. The first-order valence-corrected chi connectivity index (χ1v) is 8.02. The number of hydrogen-bond donors (Lipinski definition) is 0. The second kappa shape index (κ2) is 5.27. The Morgan fingerprint density at radius 2 is 1.95 bits per heavy atom. The van der Waals surface area contributed by atoms with Gasteiger partial charge in [-0.1, -0.05) is 35.6 Å². The monoisotopic (exact) mass is 314 g/mol. The van der Waals surface area contributed by atoms with Crippen LogP contribution in [0.25, 0.3) is 15.7 Å². The van der Waals surface area contributed by atoms with E-state index in [4.69, 9.17) is 4.74 Å². The predicted octanol–water partition coefficient (Wildman–Crippen LogP) is 3.49. The van der Waals surface area contributed by atoms with E-state index in [0.717, 1.165) is 26.4 Å². The number of aromatic nitrogens is 4. The zero-order chi connectivity index (χ0) is 14.1. The number of thiophene rings is 1. The summed E-state index contributed by atoms with van der Waals surface area (Å²) in [6, 6.07) is 13.7. The Balaban J connectivity index is 1.60. The molecule has 4 aromatic rings. The quantitative estimate of drug-likeness (QED) is 0.578. The molecule has 0 bridgehead atoms. The molecular formula is C14H10N4OS2. The smallest absolute Gasteiger partial charge is 0.235 e. The van der Waals surface area contributed by atoms with Crippen LogP contribution in [-0.4, -0.2) is 19.8 Å². The number of fused-ring (bicyclic) bond motifs is 1. The first-order valence-electron chi connectivity index (χ1n) is 6.33. The highest BCUT2D eigenvalue weighted by Gasteiger charge is 2.14. The van der Waals surface area contributed by atoms with Crippen LogP contribution >= 0.6 is 22.7 Å². The van der Waals surface area contributed by atoms with Crippen LogP contribution in [0.5, 0.6) is 5.75 Å². The van der Waals surface area contributed by atoms with Gasteiger partial charge in [-0.3, -0.25) is 0 Å². The van der Waals surface area contributed by atoms with Crippen molar-refractivity contribution in [2.75, 3.05) is 0 Å². The number of nitrogens with zero attached hydrogens (tertiary/aromatic N) is 4. The number of rotatable bonds is 4. The van der Waals surface area contributed by atoms with Gasteiger partial charge < -0.3 is 4.74 Å². The largest absolute Gasteiger partial charge is 0.486 e. The molecule has 5 nitrogen and oxygen atoms in total. The summed E-state index contributed by atoms with van der Waals surface area (Å²) in [5.41, 5.74) is 0. The van der Waals surface area contributed by atoms with E-state index in [1.165, 1.54) is 11.3 Å². The lowest BCUT2D eigenvalue weighted by molar-refractivity contribution is 0.304. The van der Waals surface area contributed by atoms with E-state index >= 15 is 0 Å². The molecular weight excluding hydrogens is 304 g/mol. The van der Waals surface area contributed by atoms with Crippen LogP contribution in [0.15, 0.2) is 47.8 Å². The summed E-state index contributed by atoms with van der Waals surface area (Å²) in [7, 11) is 0. The molecule has 0 saturated carbocycles. The first-order chi connectivity index (χ1) is 10.4. The van der Waals surface area contributed by atoms with Crippen molar-refractivity contribution in [1.82, 2.24) is 19.8 Å². The van der Waals surface area contributed by atoms with E-state index in [0.29, 0.717) is 6.61 Å². The van der Waals surface area contributed by atoms with Gasteiger partial charge in [0, 0.05) is 0 Å². The maximum atomic E-state index is 5.71. The second-order valence-electron chi connectivity index (χ2n) is 4.29. The van der Waals surface area contributed by atoms with E-state index in [1.807, 2.05) is 47.8 Å². The maximum Gasteiger partial charge on any atom is 0.235 e. The summed E-state index contributed by atoms with van der Waals surface area (Å²) >= 11 is 3.12. The molecule has 0 saturated heterocycles. The lowest BCUT2D eigenvalue weighted by Crippen LogP contribution is -1.96. The fourth-order valence-electron chi connectivity index (χ4n) is 1.94. The summed E-state index contributed by atoms with van der Waals surface area (Å²) in [5.74, 6) is 1.61. The van der Waals surface area contributed by atoms with Crippen LogP contribution in [0.1, 0.15) is 5.01 Å². The molecule has 21 heavy (non-hydrogen) atoms. The molecule has 0 radical (unpaired) electrons. The highest BCUT2D eigenvalue weighted by atomic mass is 32.1. The van der Waals surface area contributed by atoms with Crippen molar-refractivity contribution in [3.8, 4) is 16.5 Å². The molecule has 3 heterocycles. The third-order valence-corrected chi connectivity index (χ3v) is 4.62. The molecule has 1 aromatic carbocycles. The Labute approximate surface area is 128 Å². The van der Waals surface area contributed by atoms with Crippen molar-refractivity contribution >= 4 is 27.6 Å². The zero-order valence-corrected chi connectivity index (χ0v) is 12.5. The molecule has 4 rings (SSSR count). The summed E-state index contributed by atoms with van der Waals surface area (Å²) in [4.78, 5) is 1.84. The average molecular weight is 314 g/mol. The highest BCUT2D eigenvalue weighted by molar-refractivity contribution is 7.16. The predicted molar refractivity (Wildman–Crippen MR) is 82.7 cm³/mol. The summed E-state index contributed by atoms with van der Waals surface area (Å²) in [6.45, 7) is 0.432. The number of benzene rings is 1. The molecule has 0 fully saturated rings. The molecule has 0 aliphatic heterocycles. The Hall–Kier alpha value is -2.25. The molecule has 0 N–H and O–H groups in total. The SMILES string of the molecule is c1ccc(OCc2nn3c(-c4cccs4)nnc3s2)cc1. The van der Waals surface area contributed by atoms with E-state index in [2.05, 4.69) is 15.3 Å². The summed E-state index contributed by atoms with van der Waals surface area (Å²) < 4.78 is 7.49. The van der Waals surface area contributed by atoms with E-state index in [1.54, 1.807) is 15.9 Å². The minimum atomic E-state index is 0.432. The lowest BCUT2D eigenvalue weighted by Gasteiger charge is -2.02. The van der Waals surface area contributed by atoms with Gasteiger partial charge in [-0.2, -0.15) is 9.61 Å². The molecule has 0 aliphatic rings. The van der Waals surface area contributed by atoms with Crippen molar-refractivity contribution in [2.45, 2.75) is 6.61 Å². The van der Waals surface area contributed by atoms with Gasteiger partial charge in [0.2, 0.25) is 4.96 Å². The minimum Gasteiger partial charge on any atom is -0.486 e. The molecule has 3 aromatic heterocycles. The van der Waals surface area contributed by atoms with E-state index in [9.17, 15) is 0 Å². The molecule has 7 heteroatoms. The van der Waals surface area contributed by atoms with Gasteiger partial charge >= 0.3 is 0 Å². The fraction of sp³-hybridized carbons (Fsp3) is 0.0714. The van der Waals surface area contributed by atoms with Gasteiger partial charge in [-0.05, 0) is 23.6 Å². The van der Waals surface area contributed by atoms with Crippen LogP contribution in [0.2, 0.25) is 0 Å². The molecule has 0 aliphatic carbocycles. The van der Waals surface area contributed by atoms with Crippen molar-refractivity contribution in [1.29, 1.82) is 0 Å². The maximum absolute atomic E-state index is 5.71. The number of hydrogen-bond acceptors (Lipinski definition) is 6. The van der Waals surface area contributed by atoms with Crippen molar-refractivity contribution in [2.24, 2.45) is 0 Å². The van der Waals surface area contributed by atoms with Gasteiger partial charge in [0.25, 0.3) is 0 Å². The molecule has 0 spiro atoms. The van der Waals surface area contributed by atoms with Crippen LogP contribution in [0.4, 0.5) is 0 Å². The molecule has 104 valence electrons. The minimum absolute atomic E-state index is 0.432. The van der Waals surface area contributed by atoms with Crippen molar-refractivity contribution < 1.29 is 4.74 Å². The van der Waals surface area contributed by atoms with Crippen LogP contribution in [0, 0.1) is 0 Å². The normalized spacial score (nSPS) is 11.0. The second-order valence-corrected chi connectivity index (χ2v) is 6.28. The zero-order valence-electron chi connectivity index (χ0n) is 10.8. The third-order valence-electron chi connectivity index (χ3n) is 2.88. The van der Waals surface area contributed by atoms with Gasteiger partial charge in [-0.15, -0.1) is 21.5 Å². The van der Waals surface area contributed by atoms with Gasteiger partial charge in [0.1, 0.15) is 12.4 Å². The van der Waals surface area contributed by atoms with Crippen molar-refractivity contribution in [3.63, 3.8) is 0 Å². The lowest BCUT2D eigenvalue weighted by atomic mass is 10.3. The topological polar surface area (TPSA) is 52.3 Å².